The lowest BCUT2D eigenvalue weighted by molar-refractivity contribution is 0.174. The monoisotopic (exact) mass is 252 g/mol. The summed E-state index contributed by atoms with van der Waals surface area (Å²) < 4.78 is 0. The average molecular weight is 252 g/mol. The molecule has 3 heteroatoms. The van der Waals surface area contributed by atoms with Crippen LogP contribution in [0.5, 0.6) is 0 Å². The highest BCUT2D eigenvalue weighted by atomic mass is 32.1. The van der Waals surface area contributed by atoms with Crippen molar-refractivity contribution in [3.8, 4) is 0 Å². The molecule has 2 nitrogen and oxygen atoms in total. The summed E-state index contributed by atoms with van der Waals surface area (Å²) in [6.45, 7) is 4.68. The van der Waals surface area contributed by atoms with Crippen molar-refractivity contribution >= 4 is 11.3 Å². The Morgan fingerprint density at radius 2 is 2.41 bits per heavy atom. The third kappa shape index (κ3) is 3.80. The number of rotatable bonds is 5. The molecule has 1 saturated heterocycles. The van der Waals surface area contributed by atoms with Crippen molar-refractivity contribution in [3.63, 3.8) is 0 Å². The van der Waals surface area contributed by atoms with Gasteiger partial charge in [-0.3, -0.25) is 0 Å². The van der Waals surface area contributed by atoms with Crippen LogP contribution in [-0.4, -0.2) is 31.1 Å². The van der Waals surface area contributed by atoms with Crippen molar-refractivity contribution in [1.29, 1.82) is 0 Å². The van der Waals surface area contributed by atoms with Crippen LogP contribution in [0, 0.1) is 0 Å². The topological polar surface area (TPSA) is 15.3 Å². The van der Waals surface area contributed by atoms with E-state index in [0.29, 0.717) is 6.04 Å². The van der Waals surface area contributed by atoms with Gasteiger partial charge in [-0.05, 0) is 57.8 Å². The maximum atomic E-state index is 3.64. The lowest BCUT2D eigenvalue weighted by atomic mass is 10.00. The fourth-order valence-electron chi connectivity index (χ4n) is 2.61. The minimum atomic E-state index is 0.504. The van der Waals surface area contributed by atoms with Crippen molar-refractivity contribution < 1.29 is 0 Å². The predicted molar refractivity (Wildman–Crippen MR) is 75.6 cm³/mol. The molecule has 1 aromatic heterocycles. The Hall–Kier alpha value is -0.380. The van der Waals surface area contributed by atoms with Gasteiger partial charge in [-0.1, -0.05) is 12.5 Å². The maximum Gasteiger partial charge on any atom is 0.0386 e. The molecule has 96 valence electrons. The zero-order valence-electron chi connectivity index (χ0n) is 11.0. The van der Waals surface area contributed by atoms with E-state index in [4.69, 9.17) is 0 Å². The van der Waals surface area contributed by atoms with E-state index in [1.165, 1.54) is 37.1 Å². The van der Waals surface area contributed by atoms with Gasteiger partial charge in [0.25, 0.3) is 0 Å². The highest BCUT2D eigenvalue weighted by Gasteiger charge is 2.18. The SMILES string of the molecule is C[C@H](NCCC1CCCCN1C)c1cccs1. The molecule has 0 bridgehead atoms. The number of nitrogens with one attached hydrogen (secondary N) is 1. The normalized spacial score (nSPS) is 23.8. The molecule has 17 heavy (non-hydrogen) atoms. The Labute approximate surface area is 109 Å². The third-order valence-corrected chi connectivity index (χ3v) is 4.87. The van der Waals surface area contributed by atoms with Gasteiger partial charge >= 0.3 is 0 Å². The first-order valence-electron chi connectivity index (χ1n) is 6.74. The van der Waals surface area contributed by atoms with Crippen LogP contribution in [0.15, 0.2) is 17.5 Å². The molecular weight excluding hydrogens is 228 g/mol. The van der Waals surface area contributed by atoms with Crippen LogP contribution in [0.4, 0.5) is 0 Å². The molecule has 0 radical (unpaired) electrons. The highest BCUT2D eigenvalue weighted by molar-refractivity contribution is 7.10. The Morgan fingerprint density at radius 3 is 3.12 bits per heavy atom. The van der Waals surface area contributed by atoms with Gasteiger partial charge in [0, 0.05) is 17.0 Å². The molecule has 1 unspecified atom stereocenters. The molecule has 1 aromatic rings. The molecule has 0 amide bonds. The van der Waals surface area contributed by atoms with Gasteiger partial charge in [-0.2, -0.15) is 0 Å². The first-order valence-corrected chi connectivity index (χ1v) is 7.62. The Balaban J connectivity index is 1.68. The van der Waals surface area contributed by atoms with Gasteiger partial charge in [0.1, 0.15) is 0 Å². The van der Waals surface area contributed by atoms with Crippen LogP contribution in [0.2, 0.25) is 0 Å². The van der Waals surface area contributed by atoms with Crippen LogP contribution in [0.3, 0.4) is 0 Å². The molecule has 2 rings (SSSR count). The molecule has 0 aromatic carbocycles. The van der Waals surface area contributed by atoms with E-state index in [0.717, 1.165) is 12.6 Å². The van der Waals surface area contributed by atoms with Gasteiger partial charge < -0.3 is 10.2 Å². The Bertz CT molecular complexity index is 310. The quantitative estimate of drug-likeness (QED) is 0.865. The van der Waals surface area contributed by atoms with Crippen LogP contribution < -0.4 is 5.32 Å². The van der Waals surface area contributed by atoms with E-state index in [1.54, 1.807) is 0 Å². The summed E-state index contributed by atoms with van der Waals surface area (Å²) in [4.78, 5) is 3.98. The van der Waals surface area contributed by atoms with E-state index >= 15 is 0 Å². The Kier molecular flexibility index (Phi) is 5.01. The third-order valence-electron chi connectivity index (χ3n) is 3.82. The second-order valence-corrected chi connectivity index (χ2v) is 6.09. The fraction of sp³-hybridized carbons (Fsp3) is 0.714. The lowest BCUT2D eigenvalue weighted by Gasteiger charge is -2.32. The lowest BCUT2D eigenvalue weighted by Crippen LogP contribution is -2.38. The minimum Gasteiger partial charge on any atom is -0.309 e. The number of likely N-dealkylation sites (tertiary alicyclic amines) is 1. The second-order valence-electron chi connectivity index (χ2n) is 5.11. The maximum absolute atomic E-state index is 3.64. The second kappa shape index (κ2) is 6.53. The summed E-state index contributed by atoms with van der Waals surface area (Å²) in [5, 5.41) is 5.79. The summed E-state index contributed by atoms with van der Waals surface area (Å²) in [5.41, 5.74) is 0. The van der Waals surface area contributed by atoms with Gasteiger partial charge in [-0.15, -0.1) is 11.3 Å². The molecule has 1 fully saturated rings. The van der Waals surface area contributed by atoms with E-state index in [-0.39, 0.29) is 0 Å². The standard InChI is InChI=1S/C14H24N2S/c1-12(14-7-5-11-17-14)15-9-8-13-6-3-4-10-16(13)2/h5,7,11-13,15H,3-4,6,8-10H2,1-2H3/t12-,13?/m0/s1. The van der Waals surface area contributed by atoms with Crippen molar-refractivity contribution in [2.75, 3.05) is 20.1 Å². The molecule has 1 N–H and O–H groups in total. The fourth-order valence-corrected chi connectivity index (χ4v) is 3.37. The van der Waals surface area contributed by atoms with Crippen LogP contribution in [-0.2, 0) is 0 Å². The number of hydrogen-bond acceptors (Lipinski definition) is 3. The zero-order chi connectivity index (χ0) is 12.1. The highest BCUT2D eigenvalue weighted by Crippen LogP contribution is 2.20. The first-order chi connectivity index (χ1) is 8.27. The molecule has 0 aliphatic carbocycles. The number of nitrogens with zero attached hydrogens (tertiary/aromatic N) is 1. The average Bonchev–Trinajstić information content (AvgIpc) is 2.85. The molecule has 1 aliphatic rings. The smallest absolute Gasteiger partial charge is 0.0386 e. The van der Waals surface area contributed by atoms with Crippen molar-refractivity contribution in [1.82, 2.24) is 10.2 Å². The first kappa shape index (κ1) is 13.1. The molecular formula is C14H24N2S. The largest absolute Gasteiger partial charge is 0.309 e. The zero-order valence-corrected chi connectivity index (χ0v) is 11.8. The molecule has 1 aliphatic heterocycles. The number of thiophene rings is 1. The van der Waals surface area contributed by atoms with E-state index < -0.39 is 0 Å². The molecule has 2 atom stereocenters. The van der Waals surface area contributed by atoms with E-state index in [9.17, 15) is 0 Å². The number of hydrogen-bond donors (Lipinski definition) is 1. The van der Waals surface area contributed by atoms with Gasteiger partial charge in [-0.25, -0.2) is 0 Å². The summed E-state index contributed by atoms with van der Waals surface area (Å²) in [7, 11) is 2.27. The predicted octanol–water partition coefficient (Wildman–Crippen LogP) is 3.27. The Morgan fingerprint density at radius 1 is 1.53 bits per heavy atom. The summed E-state index contributed by atoms with van der Waals surface area (Å²) in [5.74, 6) is 0. The summed E-state index contributed by atoms with van der Waals surface area (Å²) in [6.07, 6.45) is 5.46. The van der Waals surface area contributed by atoms with E-state index in [1.807, 2.05) is 11.3 Å². The summed E-state index contributed by atoms with van der Waals surface area (Å²) >= 11 is 1.84. The van der Waals surface area contributed by atoms with Gasteiger partial charge in [0.15, 0.2) is 0 Å². The summed E-state index contributed by atoms with van der Waals surface area (Å²) in [6, 6.07) is 5.65. The van der Waals surface area contributed by atoms with Gasteiger partial charge in [0.2, 0.25) is 0 Å². The molecule has 0 saturated carbocycles. The van der Waals surface area contributed by atoms with Crippen LogP contribution in [0.1, 0.15) is 43.5 Å². The van der Waals surface area contributed by atoms with Gasteiger partial charge in [0.05, 0.1) is 0 Å². The van der Waals surface area contributed by atoms with Crippen molar-refractivity contribution in [2.45, 2.75) is 44.7 Å². The number of piperidine rings is 1. The molecule has 2 heterocycles. The van der Waals surface area contributed by atoms with Crippen LogP contribution in [0.25, 0.3) is 0 Å². The van der Waals surface area contributed by atoms with Crippen molar-refractivity contribution in [2.24, 2.45) is 0 Å². The van der Waals surface area contributed by atoms with Crippen LogP contribution >= 0.6 is 11.3 Å². The van der Waals surface area contributed by atoms with Crippen molar-refractivity contribution in [3.05, 3.63) is 22.4 Å². The van der Waals surface area contributed by atoms with E-state index in [2.05, 4.69) is 41.7 Å². The minimum absolute atomic E-state index is 0.504. The molecule has 0 spiro atoms.